The van der Waals surface area contributed by atoms with E-state index < -0.39 is 5.54 Å². The molecule has 0 aliphatic carbocycles. The van der Waals surface area contributed by atoms with E-state index in [0.717, 1.165) is 17.5 Å². The van der Waals surface area contributed by atoms with Crippen molar-refractivity contribution in [2.24, 2.45) is 5.73 Å². The van der Waals surface area contributed by atoms with Gasteiger partial charge in [-0.1, -0.05) is 23.7 Å². The summed E-state index contributed by atoms with van der Waals surface area (Å²) in [6.07, 6.45) is 5.16. The smallest absolute Gasteiger partial charge is 0.248 e. The van der Waals surface area contributed by atoms with Gasteiger partial charge in [-0.05, 0) is 76.8 Å². The Morgan fingerprint density at radius 2 is 1.91 bits per heavy atom. The number of carbonyl (C=O) groups excluding carboxylic acids is 1. The van der Waals surface area contributed by atoms with E-state index in [1.165, 1.54) is 6.33 Å². The lowest BCUT2D eigenvalue weighted by Gasteiger charge is -2.40. The maximum absolute atomic E-state index is 14.2. The molecule has 0 saturated carbocycles. The summed E-state index contributed by atoms with van der Waals surface area (Å²) in [5, 5.41) is 4.75. The molecule has 170 valence electrons. The van der Waals surface area contributed by atoms with E-state index in [1.54, 1.807) is 4.90 Å². The molecule has 1 aromatic carbocycles. The van der Waals surface area contributed by atoms with Crippen LogP contribution in [0.3, 0.4) is 0 Å². The third kappa shape index (κ3) is 4.63. The van der Waals surface area contributed by atoms with E-state index in [4.69, 9.17) is 17.3 Å². The number of amides is 1. The Bertz CT molecular complexity index is 1060. The molecule has 32 heavy (non-hydrogen) atoms. The second kappa shape index (κ2) is 9.54. The largest absolute Gasteiger partial charge is 0.346 e. The van der Waals surface area contributed by atoms with Crippen LogP contribution >= 0.6 is 11.6 Å². The topological polar surface area (TPSA) is 103 Å². The lowest BCUT2D eigenvalue weighted by molar-refractivity contribution is -0.125. The Hall–Kier alpha value is -2.52. The normalized spacial score (nSPS) is 16.9. The maximum Gasteiger partial charge on any atom is 0.248 e. The zero-order valence-electron chi connectivity index (χ0n) is 18.5. The molecule has 0 radical (unpaired) electrons. The molecule has 2 aromatic heterocycles. The molecule has 0 unspecified atom stereocenters. The summed E-state index contributed by atoms with van der Waals surface area (Å²) in [5.74, 6) is 0.460. The number of nitrogens with two attached hydrogens (primary N) is 1. The fraction of sp³-hybridized carbons (Fsp3) is 0.435. The SMILES string of the molecule is CN(C)CC[C@H](c1ccc(Cl)cc1)N(C(=O)C1(N)CCNCC1)c1ncnc2[nH]ccc12. The van der Waals surface area contributed by atoms with Crippen molar-refractivity contribution in [3.8, 4) is 0 Å². The first-order chi connectivity index (χ1) is 15.4. The molecule has 3 heterocycles. The van der Waals surface area contributed by atoms with Gasteiger partial charge in [-0.3, -0.25) is 9.69 Å². The van der Waals surface area contributed by atoms with Gasteiger partial charge in [0, 0.05) is 11.2 Å². The molecule has 1 aliphatic rings. The number of hydrogen-bond donors (Lipinski definition) is 3. The van der Waals surface area contributed by atoms with E-state index in [9.17, 15) is 4.79 Å². The number of nitrogens with zero attached hydrogens (tertiary/aromatic N) is 4. The zero-order chi connectivity index (χ0) is 22.7. The lowest BCUT2D eigenvalue weighted by atomic mass is 9.86. The van der Waals surface area contributed by atoms with E-state index in [0.29, 0.717) is 48.8 Å². The molecular formula is C23H30ClN7O. The molecule has 3 aromatic rings. The summed E-state index contributed by atoms with van der Waals surface area (Å²) in [4.78, 5) is 30.1. The van der Waals surface area contributed by atoms with Gasteiger partial charge in [-0.2, -0.15) is 0 Å². The summed E-state index contributed by atoms with van der Waals surface area (Å²) in [7, 11) is 4.05. The van der Waals surface area contributed by atoms with Crippen molar-refractivity contribution >= 4 is 34.4 Å². The molecule has 4 N–H and O–H groups in total. The molecule has 0 bridgehead atoms. The summed E-state index contributed by atoms with van der Waals surface area (Å²) in [5.41, 5.74) is 7.46. The monoisotopic (exact) mass is 455 g/mol. The quantitative estimate of drug-likeness (QED) is 0.506. The third-order valence-corrected chi connectivity index (χ3v) is 6.37. The van der Waals surface area contributed by atoms with Crippen molar-refractivity contribution in [1.29, 1.82) is 0 Å². The van der Waals surface area contributed by atoms with Crippen LogP contribution in [0, 0.1) is 0 Å². The average Bonchev–Trinajstić information content (AvgIpc) is 3.27. The molecule has 4 rings (SSSR count). The van der Waals surface area contributed by atoms with Crippen LogP contribution in [0.25, 0.3) is 11.0 Å². The molecule has 1 aliphatic heterocycles. The van der Waals surface area contributed by atoms with Crippen LogP contribution < -0.4 is 16.0 Å². The number of anilines is 1. The Balaban J connectivity index is 1.86. The van der Waals surface area contributed by atoms with Crippen molar-refractivity contribution in [2.75, 3.05) is 38.6 Å². The number of carbonyl (C=O) groups is 1. The first kappa shape index (κ1) is 22.7. The number of hydrogen-bond acceptors (Lipinski definition) is 6. The van der Waals surface area contributed by atoms with Gasteiger partial charge in [0.1, 0.15) is 17.8 Å². The number of rotatable bonds is 7. The van der Waals surface area contributed by atoms with Gasteiger partial charge in [0.15, 0.2) is 0 Å². The summed E-state index contributed by atoms with van der Waals surface area (Å²) in [6.45, 7) is 2.21. The Morgan fingerprint density at radius 1 is 1.19 bits per heavy atom. The number of halogens is 1. The van der Waals surface area contributed by atoms with Crippen LogP contribution in [0.2, 0.25) is 5.02 Å². The fourth-order valence-corrected chi connectivity index (χ4v) is 4.40. The molecule has 0 spiro atoms. The highest BCUT2D eigenvalue weighted by atomic mass is 35.5. The van der Waals surface area contributed by atoms with Crippen LogP contribution in [-0.2, 0) is 4.79 Å². The van der Waals surface area contributed by atoms with Crippen LogP contribution in [0.5, 0.6) is 0 Å². The van der Waals surface area contributed by atoms with Crippen LogP contribution in [0.1, 0.15) is 30.9 Å². The van der Waals surface area contributed by atoms with Crippen molar-refractivity contribution < 1.29 is 4.79 Å². The van der Waals surface area contributed by atoms with Gasteiger partial charge in [0.05, 0.1) is 17.0 Å². The number of aromatic amines is 1. The summed E-state index contributed by atoms with van der Waals surface area (Å²) >= 11 is 6.17. The number of piperidine rings is 1. The van der Waals surface area contributed by atoms with E-state index in [1.807, 2.05) is 50.6 Å². The van der Waals surface area contributed by atoms with E-state index >= 15 is 0 Å². The number of nitrogens with one attached hydrogen (secondary N) is 2. The molecule has 1 fully saturated rings. The fourth-order valence-electron chi connectivity index (χ4n) is 4.27. The third-order valence-electron chi connectivity index (χ3n) is 6.12. The average molecular weight is 456 g/mol. The van der Waals surface area contributed by atoms with Gasteiger partial charge >= 0.3 is 0 Å². The Kier molecular flexibility index (Phi) is 6.76. The number of benzene rings is 1. The van der Waals surface area contributed by atoms with Crippen LogP contribution in [0.15, 0.2) is 42.9 Å². The standard InChI is InChI=1S/C23H30ClN7O/c1-30(2)14-8-19(16-3-5-17(24)6-4-16)31(22(32)23(25)9-12-26-13-10-23)21-18-7-11-27-20(18)28-15-29-21/h3-7,11,15,19,26H,8-10,12-14,25H2,1-2H3,(H,27,28,29)/t19-/m1/s1. The van der Waals surface area contributed by atoms with E-state index in [2.05, 4.69) is 25.2 Å². The number of fused-ring (bicyclic) bond motifs is 1. The molecular weight excluding hydrogens is 426 g/mol. The molecule has 1 amide bonds. The molecule has 8 nitrogen and oxygen atoms in total. The van der Waals surface area contributed by atoms with Gasteiger partial charge in [-0.15, -0.1) is 0 Å². The van der Waals surface area contributed by atoms with Crippen molar-refractivity contribution in [3.05, 3.63) is 53.4 Å². The second-order valence-corrected chi connectivity index (χ2v) is 9.11. The van der Waals surface area contributed by atoms with Gasteiger partial charge in [0.25, 0.3) is 0 Å². The zero-order valence-corrected chi connectivity index (χ0v) is 19.3. The molecule has 1 saturated heterocycles. The van der Waals surface area contributed by atoms with Gasteiger partial charge < -0.3 is 20.9 Å². The minimum atomic E-state index is -0.957. The number of aromatic nitrogens is 3. The van der Waals surface area contributed by atoms with Gasteiger partial charge in [-0.25, -0.2) is 9.97 Å². The van der Waals surface area contributed by atoms with Crippen molar-refractivity contribution in [3.63, 3.8) is 0 Å². The summed E-state index contributed by atoms with van der Waals surface area (Å²) < 4.78 is 0. The minimum absolute atomic E-state index is 0.112. The minimum Gasteiger partial charge on any atom is -0.346 e. The molecule has 9 heteroatoms. The Morgan fingerprint density at radius 3 is 2.59 bits per heavy atom. The maximum atomic E-state index is 14.2. The van der Waals surface area contributed by atoms with Crippen LogP contribution in [-0.4, -0.2) is 65.0 Å². The first-order valence-corrected chi connectivity index (χ1v) is 11.3. The molecule has 1 atom stereocenters. The highest BCUT2D eigenvalue weighted by Crippen LogP contribution is 2.36. The number of H-pyrrole nitrogens is 1. The Labute approximate surface area is 193 Å². The highest BCUT2D eigenvalue weighted by Gasteiger charge is 2.42. The first-order valence-electron chi connectivity index (χ1n) is 10.9. The van der Waals surface area contributed by atoms with Crippen molar-refractivity contribution in [1.82, 2.24) is 25.2 Å². The second-order valence-electron chi connectivity index (χ2n) is 8.68. The van der Waals surface area contributed by atoms with E-state index in [-0.39, 0.29) is 11.9 Å². The lowest BCUT2D eigenvalue weighted by Crippen LogP contribution is -2.60. The summed E-state index contributed by atoms with van der Waals surface area (Å²) in [6, 6.07) is 9.31. The van der Waals surface area contributed by atoms with Gasteiger partial charge in [0.2, 0.25) is 5.91 Å². The van der Waals surface area contributed by atoms with Crippen molar-refractivity contribution in [2.45, 2.75) is 30.8 Å². The predicted molar refractivity (Wildman–Crippen MR) is 128 cm³/mol. The predicted octanol–water partition coefficient (Wildman–Crippen LogP) is 2.72. The highest BCUT2D eigenvalue weighted by molar-refractivity contribution is 6.30. The van der Waals surface area contributed by atoms with Crippen LogP contribution in [0.4, 0.5) is 5.82 Å².